The van der Waals surface area contributed by atoms with Crippen LogP contribution >= 0.6 is 0 Å². The Kier molecular flexibility index (Phi) is 2.66. The first kappa shape index (κ1) is 12.1. The van der Waals surface area contributed by atoms with Crippen LogP contribution in [0.15, 0.2) is 0 Å². The molecular weight excluding hydrogens is 204 g/mol. The number of hydrogen-bond acceptors (Lipinski definition) is 0. The molecule has 0 heteroatoms. The van der Waals surface area contributed by atoms with Gasteiger partial charge in [-0.2, -0.15) is 0 Å². The van der Waals surface area contributed by atoms with E-state index in [0.717, 1.165) is 5.92 Å². The second kappa shape index (κ2) is 3.75. The fourth-order valence-corrected chi connectivity index (χ4v) is 5.50. The highest BCUT2D eigenvalue weighted by atomic mass is 14.6. The van der Waals surface area contributed by atoms with Crippen LogP contribution < -0.4 is 0 Å². The topological polar surface area (TPSA) is 0 Å². The molecule has 3 saturated carbocycles. The maximum atomic E-state index is 2.64. The van der Waals surface area contributed by atoms with Gasteiger partial charge < -0.3 is 0 Å². The van der Waals surface area contributed by atoms with Crippen molar-refractivity contribution in [2.24, 2.45) is 22.2 Å². The normalized spacial score (nSPS) is 54.9. The fourth-order valence-electron chi connectivity index (χ4n) is 5.50. The van der Waals surface area contributed by atoms with E-state index in [2.05, 4.69) is 20.8 Å². The van der Waals surface area contributed by atoms with Crippen molar-refractivity contribution in [3.8, 4) is 0 Å². The lowest BCUT2D eigenvalue weighted by molar-refractivity contribution is 0.00517. The minimum absolute atomic E-state index is 0.657. The highest BCUT2D eigenvalue weighted by molar-refractivity contribution is 5.04. The molecule has 0 aromatic rings. The second-order valence-electron chi connectivity index (χ2n) is 8.28. The summed E-state index contributed by atoms with van der Waals surface area (Å²) < 4.78 is 0. The van der Waals surface area contributed by atoms with Crippen molar-refractivity contribution in [3.05, 3.63) is 0 Å². The van der Waals surface area contributed by atoms with E-state index in [1.807, 2.05) is 0 Å². The highest BCUT2D eigenvalue weighted by Crippen LogP contribution is 2.64. The Hall–Kier alpha value is 0. The Morgan fingerprint density at radius 3 is 2.24 bits per heavy atom. The van der Waals surface area contributed by atoms with Crippen molar-refractivity contribution >= 4 is 0 Å². The smallest absolute Gasteiger partial charge is 0.0269 e. The largest absolute Gasteiger partial charge is 0.0594 e. The van der Waals surface area contributed by atoms with Crippen LogP contribution in [-0.4, -0.2) is 0 Å². The van der Waals surface area contributed by atoms with Gasteiger partial charge >= 0.3 is 0 Å². The predicted molar refractivity (Wildman–Crippen MR) is 74.0 cm³/mol. The summed E-state index contributed by atoms with van der Waals surface area (Å²) in [6.45, 7) is 7.89. The molecule has 0 N–H and O–H groups in total. The first-order chi connectivity index (χ1) is 7.98. The Morgan fingerprint density at radius 2 is 1.41 bits per heavy atom. The van der Waals surface area contributed by atoms with E-state index in [1.54, 1.807) is 6.42 Å². The van der Waals surface area contributed by atoms with E-state index < -0.39 is 0 Å². The van der Waals surface area contributed by atoms with Crippen LogP contribution in [0.5, 0.6) is 0 Å². The van der Waals surface area contributed by atoms with Crippen molar-refractivity contribution in [1.82, 2.24) is 0 Å². The fraction of sp³-hybridized carbons (Fsp3) is 1.00. The summed E-state index contributed by atoms with van der Waals surface area (Å²) >= 11 is 0. The molecule has 0 saturated heterocycles. The van der Waals surface area contributed by atoms with Gasteiger partial charge in [0.05, 0.1) is 0 Å². The van der Waals surface area contributed by atoms with Crippen LogP contribution in [0.1, 0.15) is 85.0 Å². The molecule has 98 valence electrons. The minimum Gasteiger partial charge on any atom is -0.0594 e. The summed E-state index contributed by atoms with van der Waals surface area (Å²) in [5, 5.41) is 0. The van der Waals surface area contributed by atoms with Gasteiger partial charge in [0, 0.05) is 0 Å². The van der Waals surface area contributed by atoms with Crippen molar-refractivity contribution in [1.29, 1.82) is 0 Å². The minimum atomic E-state index is 0.657. The standard InChI is InChI=1S/C17H30/c1-15-8-4-5-9-16(2,12-11-15)17(3)10-6-7-14(15)13-17/h14H,4-13H2,1-3H3. The van der Waals surface area contributed by atoms with E-state index in [4.69, 9.17) is 0 Å². The molecule has 0 aromatic carbocycles. The van der Waals surface area contributed by atoms with Crippen molar-refractivity contribution < 1.29 is 0 Å². The van der Waals surface area contributed by atoms with Gasteiger partial charge in [-0.3, -0.25) is 0 Å². The van der Waals surface area contributed by atoms with Gasteiger partial charge in [-0.15, -0.1) is 0 Å². The van der Waals surface area contributed by atoms with Gasteiger partial charge in [0.15, 0.2) is 0 Å². The lowest BCUT2D eigenvalue weighted by Gasteiger charge is -2.50. The lowest BCUT2D eigenvalue weighted by atomic mass is 9.55. The average Bonchev–Trinajstić information content (AvgIpc) is 2.32. The molecule has 17 heavy (non-hydrogen) atoms. The van der Waals surface area contributed by atoms with Gasteiger partial charge in [-0.05, 0) is 67.1 Å². The molecule has 0 aromatic heterocycles. The molecule has 3 aliphatic carbocycles. The highest BCUT2D eigenvalue weighted by Gasteiger charge is 2.53. The van der Waals surface area contributed by atoms with E-state index >= 15 is 0 Å². The SMILES string of the molecule is CC12CCCCC(C)(CC1)C1(C)CCCC2C1. The predicted octanol–water partition coefficient (Wildman–Crippen LogP) is 5.56. The maximum absolute atomic E-state index is 2.64. The molecule has 0 heterocycles. The Labute approximate surface area is 108 Å². The molecule has 3 fully saturated rings. The molecule has 4 atom stereocenters. The van der Waals surface area contributed by atoms with Gasteiger partial charge in [0.1, 0.15) is 0 Å². The van der Waals surface area contributed by atoms with Crippen molar-refractivity contribution in [3.63, 3.8) is 0 Å². The second-order valence-corrected chi connectivity index (χ2v) is 8.28. The van der Waals surface area contributed by atoms with Gasteiger partial charge in [-0.1, -0.05) is 40.0 Å². The summed E-state index contributed by atoms with van der Waals surface area (Å²) in [5.41, 5.74) is 2.02. The molecule has 3 rings (SSSR count). The summed E-state index contributed by atoms with van der Waals surface area (Å²) in [7, 11) is 0. The number of hydrogen-bond donors (Lipinski definition) is 0. The summed E-state index contributed by atoms with van der Waals surface area (Å²) in [5.74, 6) is 1.04. The Morgan fingerprint density at radius 1 is 0.706 bits per heavy atom. The molecule has 4 bridgehead atoms. The van der Waals surface area contributed by atoms with Crippen LogP contribution in [0.25, 0.3) is 0 Å². The molecule has 0 spiro atoms. The molecule has 0 amide bonds. The molecule has 0 aliphatic heterocycles. The summed E-state index contributed by atoms with van der Waals surface area (Å²) in [4.78, 5) is 0. The van der Waals surface area contributed by atoms with Crippen molar-refractivity contribution in [2.75, 3.05) is 0 Å². The third-order valence-corrected chi connectivity index (χ3v) is 7.40. The molecule has 0 radical (unpaired) electrons. The van der Waals surface area contributed by atoms with E-state index in [9.17, 15) is 0 Å². The third kappa shape index (κ3) is 1.70. The zero-order chi connectivity index (χ0) is 12.1. The monoisotopic (exact) mass is 234 g/mol. The maximum Gasteiger partial charge on any atom is -0.0269 e. The van der Waals surface area contributed by atoms with Gasteiger partial charge in [0.25, 0.3) is 0 Å². The average molecular weight is 234 g/mol. The van der Waals surface area contributed by atoms with Crippen LogP contribution in [0.3, 0.4) is 0 Å². The zero-order valence-corrected chi connectivity index (χ0v) is 12.1. The zero-order valence-electron chi connectivity index (χ0n) is 12.1. The van der Waals surface area contributed by atoms with Crippen LogP contribution in [0.4, 0.5) is 0 Å². The van der Waals surface area contributed by atoms with Crippen LogP contribution in [0, 0.1) is 22.2 Å². The van der Waals surface area contributed by atoms with Crippen LogP contribution in [0.2, 0.25) is 0 Å². The molecular formula is C17H30. The Bertz CT molecular complexity index is 305. The molecule has 0 nitrogen and oxygen atoms in total. The van der Waals surface area contributed by atoms with Crippen molar-refractivity contribution in [2.45, 2.75) is 85.0 Å². The quantitative estimate of drug-likeness (QED) is 0.514. The first-order valence-corrected chi connectivity index (χ1v) is 7.98. The first-order valence-electron chi connectivity index (χ1n) is 7.98. The van der Waals surface area contributed by atoms with E-state index in [0.29, 0.717) is 16.2 Å². The third-order valence-electron chi connectivity index (χ3n) is 7.40. The lowest BCUT2D eigenvalue weighted by Crippen LogP contribution is -2.40. The van der Waals surface area contributed by atoms with E-state index in [-0.39, 0.29) is 0 Å². The van der Waals surface area contributed by atoms with E-state index in [1.165, 1.54) is 57.8 Å². The molecule has 3 aliphatic rings. The van der Waals surface area contributed by atoms with Crippen LogP contribution in [-0.2, 0) is 0 Å². The van der Waals surface area contributed by atoms with Gasteiger partial charge in [-0.25, -0.2) is 0 Å². The Balaban J connectivity index is 2.04. The molecule has 4 unspecified atom stereocenters. The number of fused-ring (bicyclic) bond motifs is 7. The summed E-state index contributed by atoms with van der Waals surface area (Å²) in [6, 6.07) is 0. The summed E-state index contributed by atoms with van der Waals surface area (Å²) in [6.07, 6.45) is 15.1. The number of rotatable bonds is 0. The van der Waals surface area contributed by atoms with Gasteiger partial charge in [0.2, 0.25) is 0 Å².